The van der Waals surface area contributed by atoms with Crippen molar-refractivity contribution >= 4 is 5.95 Å². The highest BCUT2D eigenvalue weighted by atomic mass is 18.2. The summed E-state index contributed by atoms with van der Waals surface area (Å²) in [4.78, 5) is 13.4. The molecule has 1 heterocycles. The number of halogens is 1. The van der Waals surface area contributed by atoms with Crippen LogP contribution in [-0.4, -0.2) is 34.4 Å². The number of rotatable bonds is 6. The van der Waals surface area contributed by atoms with Crippen molar-refractivity contribution in [2.75, 3.05) is 19.9 Å². The molecule has 0 aliphatic rings. The Labute approximate surface area is 79.5 Å². The van der Waals surface area contributed by atoms with Crippen molar-refractivity contribution in [1.82, 2.24) is 9.55 Å². The zero-order chi connectivity index (χ0) is 10.4. The lowest BCUT2D eigenvalue weighted by atomic mass is 10.6. The van der Waals surface area contributed by atoms with Crippen LogP contribution in [0.15, 0.2) is 12.4 Å². The maximum absolute atomic E-state index is 11.6. The molecule has 1 rings (SSSR count). The molecule has 78 valence electrons. The number of ether oxygens (including phenoxy) is 1. The van der Waals surface area contributed by atoms with Crippen LogP contribution in [0.3, 0.4) is 0 Å². The second-order valence-electron chi connectivity index (χ2n) is 2.48. The average Bonchev–Trinajstić information content (AvgIpc) is 2.60. The fraction of sp³-hybridized carbons (Fsp3) is 0.571. The summed E-state index contributed by atoms with van der Waals surface area (Å²) in [5.41, 5.74) is 0. The highest BCUT2D eigenvalue weighted by Gasteiger charge is 2.12. The molecular formula is C7H10FN3O3. The van der Waals surface area contributed by atoms with Crippen LogP contribution in [0.1, 0.15) is 0 Å². The Morgan fingerprint density at radius 3 is 3.07 bits per heavy atom. The number of imidazole rings is 1. The number of alkyl halides is 1. The van der Waals surface area contributed by atoms with E-state index in [1.54, 1.807) is 0 Å². The summed E-state index contributed by atoms with van der Waals surface area (Å²) in [6.07, 6.45) is 2.82. The summed E-state index contributed by atoms with van der Waals surface area (Å²) >= 11 is 0. The molecule has 0 radical (unpaired) electrons. The fourth-order valence-corrected chi connectivity index (χ4v) is 0.967. The van der Waals surface area contributed by atoms with Gasteiger partial charge >= 0.3 is 5.95 Å². The molecule has 0 fully saturated rings. The predicted molar refractivity (Wildman–Crippen MR) is 45.7 cm³/mol. The minimum Gasteiger partial charge on any atom is -0.390 e. The van der Waals surface area contributed by atoms with Gasteiger partial charge in [-0.15, -0.1) is 0 Å². The van der Waals surface area contributed by atoms with E-state index in [-0.39, 0.29) is 19.2 Å². The van der Waals surface area contributed by atoms with Gasteiger partial charge in [-0.2, -0.15) is 0 Å². The SMILES string of the molecule is O=[N+]([O-])c1nccn1CCOCC[18F]. The van der Waals surface area contributed by atoms with Gasteiger partial charge in [0.05, 0.1) is 19.8 Å². The lowest BCUT2D eigenvalue weighted by molar-refractivity contribution is -0.396. The molecule has 0 saturated heterocycles. The van der Waals surface area contributed by atoms with Gasteiger partial charge in [0.1, 0.15) is 19.1 Å². The highest BCUT2D eigenvalue weighted by molar-refractivity contribution is 5.06. The molecule has 0 aromatic carbocycles. The van der Waals surface area contributed by atoms with Crippen molar-refractivity contribution in [1.29, 1.82) is 0 Å². The molecule has 1 aromatic rings. The summed E-state index contributed by atoms with van der Waals surface area (Å²) in [5, 5.41) is 10.4. The van der Waals surface area contributed by atoms with E-state index in [1.165, 1.54) is 17.0 Å². The first-order valence-electron chi connectivity index (χ1n) is 4.05. The first-order valence-corrected chi connectivity index (χ1v) is 4.05. The summed E-state index contributed by atoms with van der Waals surface area (Å²) < 4.78 is 17.8. The van der Waals surface area contributed by atoms with Gasteiger partial charge < -0.3 is 14.9 Å². The number of aromatic nitrogens is 2. The van der Waals surface area contributed by atoms with Gasteiger partial charge in [0.15, 0.2) is 0 Å². The molecule has 0 amide bonds. The van der Waals surface area contributed by atoms with Crippen LogP contribution in [0.4, 0.5) is 10.3 Å². The monoisotopic (exact) mass is 202 g/mol. The molecule has 0 spiro atoms. The molecular weight excluding hydrogens is 192 g/mol. The minimum absolute atomic E-state index is 0.0164. The van der Waals surface area contributed by atoms with E-state index < -0.39 is 11.6 Å². The largest absolute Gasteiger partial charge is 0.434 e. The van der Waals surface area contributed by atoms with Crippen molar-refractivity contribution in [3.63, 3.8) is 0 Å². The van der Waals surface area contributed by atoms with Crippen LogP contribution in [0.25, 0.3) is 0 Å². The fourth-order valence-electron chi connectivity index (χ4n) is 0.967. The van der Waals surface area contributed by atoms with E-state index in [0.29, 0.717) is 6.54 Å². The summed E-state index contributed by atoms with van der Waals surface area (Å²) in [5.74, 6) is -0.228. The zero-order valence-corrected chi connectivity index (χ0v) is 7.43. The predicted octanol–water partition coefficient (Wildman–Crippen LogP) is 0.777. The summed E-state index contributed by atoms with van der Waals surface area (Å²) in [6, 6.07) is 0. The van der Waals surface area contributed by atoms with Crippen LogP contribution >= 0.6 is 0 Å². The summed E-state index contributed by atoms with van der Waals surface area (Å²) in [6.45, 7) is 0.00590. The molecule has 0 bridgehead atoms. The molecule has 0 unspecified atom stereocenters. The molecule has 14 heavy (non-hydrogen) atoms. The molecule has 6 nitrogen and oxygen atoms in total. The number of nitro groups is 1. The van der Waals surface area contributed by atoms with Crippen molar-refractivity contribution in [3.8, 4) is 0 Å². The van der Waals surface area contributed by atoms with Crippen LogP contribution in [0.2, 0.25) is 0 Å². The summed E-state index contributed by atoms with van der Waals surface area (Å²) in [7, 11) is 0. The quantitative estimate of drug-likeness (QED) is 0.388. The highest BCUT2D eigenvalue weighted by Crippen LogP contribution is 2.06. The Balaban J connectivity index is 2.42. The molecule has 0 aliphatic carbocycles. The standard InChI is InChI=1S/C7H10FN3O3/c8-1-5-14-6-4-10-3-2-9-7(10)11(12)13/h2-3H,1,4-6H2/i8-1. The van der Waals surface area contributed by atoms with Gasteiger partial charge in [-0.05, 0) is 4.92 Å². The Kier molecular flexibility index (Phi) is 3.99. The Morgan fingerprint density at radius 2 is 2.43 bits per heavy atom. The average molecular weight is 202 g/mol. The molecule has 0 saturated carbocycles. The van der Waals surface area contributed by atoms with Gasteiger partial charge in [0.2, 0.25) is 0 Å². The normalized spacial score (nSPS) is 10.4. The maximum Gasteiger partial charge on any atom is 0.434 e. The molecule has 7 heteroatoms. The lowest BCUT2D eigenvalue weighted by Gasteiger charge is -2.01. The second kappa shape index (κ2) is 5.28. The molecule has 0 N–H and O–H groups in total. The van der Waals surface area contributed by atoms with Crippen molar-refractivity contribution < 1.29 is 14.1 Å². The first kappa shape index (κ1) is 10.6. The van der Waals surface area contributed by atoms with Crippen LogP contribution in [0.5, 0.6) is 0 Å². The van der Waals surface area contributed by atoms with E-state index in [9.17, 15) is 14.5 Å². The van der Waals surface area contributed by atoms with Crippen molar-refractivity contribution in [3.05, 3.63) is 22.5 Å². The van der Waals surface area contributed by atoms with Gasteiger partial charge in [-0.1, -0.05) is 4.98 Å². The third-order valence-electron chi connectivity index (χ3n) is 1.55. The third kappa shape index (κ3) is 2.77. The van der Waals surface area contributed by atoms with E-state index >= 15 is 0 Å². The van der Waals surface area contributed by atoms with Gasteiger partial charge in [-0.3, -0.25) is 0 Å². The van der Waals surface area contributed by atoms with Crippen molar-refractivity contribution in [2.24, 2.45) is 0 Å². The number of nitrogens with zero attached hydrogens (tertiary/aromatic N) is 3. The molecule has 0 aliphatic heterocycles. The van der Waals surface area contributed by atoms with Gasteiger partial charge in [0.25, 0.3) is 0 Å². The van der Waals surface area contributed by atoms with Gasteiger partial charge in [-0.25, -0.2) is 8.96 Å². The molecule has 0 atom stereocenters. The maximum atomic E-state index is 11.6. The molecule has 1 aromatic heterocycles. The topological polar surface area (TPSA) is 70.2 Å². The van der Waals surface area contributed by atoms with E-state index in [4.69, 9.17) is 4.74 Å². The van der Waals surface area contributed by atoms with E-state index in [1.807, 2.05) is 0 Å². The number of hydrogen-bond donors (Lipinski definition) is 0. The Morgan fingerprint density at radius 1 is 1.64 bits per heavy atom. The lowest BCUT2D eigenvalue weighted by Crippen LogP contribution is -2.09. The van der Waals surface area contributed by atoms with Gasteiger partial charge in [0, 0.05) is 0 Å². The Hall–Kier alpha value is -1.50. The van der Waals surface area contributed by atoms with Crippen LogP contribution in [0, 0.1) is 10.1 Å². The zero-order valence-electron chi connectivity index (χ0n) is 7.43. The Bertz CT molecular complexity index is 302. The van der Waals surface area contributed by atoms with Crippen LogP contribution in [-0.2, 0) is 11.3 Å². The van der Waals surface area contributed by atoms with E-state index in [0.717, 1.165) is 0 Å². The van der Waals surface area contributed by atoms with Crippen LogP contribution < -0.4 is 0 Å². The minimum atomic E-state index is -0.574. The second-order valence-corrected chi connectivity index (χ2v) is 2.48. The van der Waals surface area contributed by atoms with Crippen molar-refractivity contribution in [2.45, 2.75) is 6.54 Å². The van der Waals surface area contributed by atoms with E-state index in [2.05, 4.69) is 4.98 Å². The number of hydrogen-bond acceptors (Lipinski definition) is 4. The smallest absolute Gasteiger partial charge is 0.390 e. The third-order valence-corrected chi connectivity index (χ3v) is 1.55. The first-order chi connectivity index (χ1) is 6.75.